The molecule has 0 spiro atoms. The Labute approximate surface area is 183 Å². The number of para-hydroxylation sites is 2. The van der Waals surface area contributed by atoms with Crippen molar-refractivity contribution in [3.63, 3.8) is 0 Å². The van der Waals surface area contributed by atoms with Crippen molar-refractivity contribution in [2.75, 3.05) is 11.9 Å². The highest BCUT2D eigenvalue weighted by Gasteiger charge is 2.35. The minimum absolute atomic E-state index is 0.0187. The fourth-order valence-corrected chi connectivity index (χ4v) is 3.61. The van der Waals surface area contributed by atoms with Crippen molar-refractivity contribution in [2.24, 2.45) is 5.73 Å². The van der Waals surface area contributed by atoms with Crippen LogP contribution < -0.4 is 16.4 Å². The van der Waals surface area contributed by atoms with E-state index in [1.165, 1.54) is 6.08 Å². The molecule has 2 heterocycles. The fourth-order valence-electron chi connectivity index (χ4n) is 3.61. The van der Waals surface area contributed by atoms with Crippen LogP contribution in [0.15, 0.2) is 60.4 Å². The number of aryl methyl sites for hydroxylation is 1. The Morgan fingerprint density at radius 3 is 2.53 bits per heavy atom. The Bertz CT molecular complexity index is 1290. The molecule has 1 aliphatic heterocycles. The van der Waals surface area contributed by atoms with Gasteiger partial charge in [-0.1, -0.05) is 36.4 Å². The van der Waals surface area contributed by atoms with E-state index in [-0.39, 0.29) is 12.2 Å². The second-order valence-electron chi connectivity index (χ2n) is 7.44. The zero-order chi connectivity index (χ0) is 22.8. The van der Waals surface area contributed by atoms with Gasteiger partial charge in [0, 0.05) is 28.4 Å². The predicted octanol–water partition coefficient (Wildman–Crippen LogP) is 1.97. The van der Waals surface area contributed by atoms with E-state index in [0.717, 1.165) is 21.4 Å². The van der Waals surface area contributed by atoms with E-state index in [1.54, 1.807) is 22.9 Å². The Balaban J connectivity index is 1.56. The molecule has 162 valence electrons. The second kappa shape index (κ2) is 8.38. The van der Waals surface area contributed by atoms with Crippen molar-refractivity contribution in [2.45, 2.75) is 13.5 Å². The number of fused-ring (bicyclic) bond motifs is 1. The van der Waals surface area contributed by atoms with Crippen LogP contribution in [0.3, 0.4) is 0 Å². The van der Waals surface area contributed by atoms with E-state index in [0.29, 0.717) is 11.3 Å². The Kier molecular flexibility index (Phi) is 5.46. The molecule has 0 bridgehead atoms. The summed E-state index contributed by atoms with van der Waals surface area (Å²) in [4.78, 5) is 49.8. The van der Waals surface area contributed by atoms with Crippen LogP contribution in [-0.4, -0.2) is 39.8 Å². The second-order valence-corrected chi connectivity index (χ2v) is 7.44. The average Bonchev–Trinajstić information content (AvgIpc) is 3.22. The molecule has 0 unspecified atom stereocenters. The van der Waals surface area contributed by atoms with Gasteiger partial charge in [-0.25, -0.2) is 9.69 Å². The number of hydrogen-bond donors (Lipinski definition) is 3. The van der Waals surface area contributed by atoms with Crippen LogP contribution in [0.2, 0.25) is 0 Å². The Morgan fingerprint density at radius 2 is 1.78 bits per heavy atom. The predicted molar refractivity (Wildman–Crippen MR) is 119 cm³/mol. The number of carbonyl (C=O) groups is 4. The molecule has 3 aromatic rings. The monoisotopic (exact) mass is 431 g/mol. The molecule has 0 saturated carbocycles. The standard InChI is InChI=1S/C23H21N5O4/c1-14-6-2-4-8-17(14)25-21(30)13-28-22(31)18(26-23(28)32)10-15-11-27(12-20(24)29)19-9-5-3-7-16(15)19/h2-11H,12-13H2,1H3,(H2,24,29)(H,25,30)(H,26,32)/b18-10-. The quantitative estimate of drug-likeness (QED) is 0.407. The molecule has 2 aromatic carbocycles. The summed E-state index contributed by atoms with van der Waals surface area (Å²) in [6, 6.07) is 13.9. The number of imide groups is 1. The molecule has 0 aliphatic carbocycles. The summed E-state index contributed by atoms with van der Waals surface area (Å²) in [5, 5.41) is 6.02. The maximum Gasteiger partial charge on any atom is 0.329 e. The number of hydrogen-bond acceptors (Lipinski definition) is 4. The van der Waals surface area contributed by atoms with E-state index in [9.17, 15) is 19.2 Å². The third-order valence-corrected chi connectivity index (χ3v) is 5.13. The van der Waals surface area contributed by atoms with Gasteiger partial charge in [-0.15, -0.1) is 0 Å². The van der Waals surface area contributed by atoms with E-state index in [4.69, 9.17) is 5.73 Å². The van der Waals surface area contributed by atoms with Crippen molar-refractivity contribution in [1.82, 2.24) is 14.8 Å². The molecule has 0 atom stereocenters. The molecule has 1 fully saturated rings. The number of nitrogens with one attached hydrogen (secondary N) is 2. The summed E-state index contributed by atoms with van der Waals surface area (Å²) in [7, 11) is 0. The molecule has 5 amide bonds. The number of aromatic nitrogens is 1. The van der Waals surface area contributed by atoms with Crippen LogP contribution in [-0.2, 0) is 20.9 Å². The summed E-state index contributed by atoms with van der Waals surface area (Å²) in [6.45, 7) is 1.41. The third kappa shape index (κ3) is 4.08. The van der Waals surface area contributed by atoms with Crippen LogP contribution in [0, 0.1) is 6.92 Å². The normalized spacial score (nSPS) is 14.8. The molecular weight excluding hydrogens is 410 g/mol. The van der Waals surface area contributed by atoms with Crippen LogP contribution in [0.4, 0.5) is 10.5 Å². The number of urea groups is 1. The van der Waals surface area contributed by atoms with E-state index in [2.05, 4.69) is 10.6 Å². The topological polar surface area (TPSA) is 127 Å². The molecular formula is C23H21N5O4. The molecule has 9 heteroatoms. The Morgan fingerprint density at radius 1 is 1.06 bits per heavy atom. The maximum absolute atomic E-state index is 12.8. The van der Waals surface area contributed by atoms with E-state index in [1.807, 2.05) is 43.3 Å². The summed E-state index contributed by atoms with van der Waals surface area (Å²) in [5.41, 5.74) is 8.25. The molecule has 1 saturated heterocycles. The number of nitrogens with zero attached hydrogens (tertiary/aromatic N) is 2. The van der Waals surface area contributed by atoms with Crippen LogP contribution >= 0.6 is 0 Å². The first-order chi connectivity index (χ1) is 15.3. The SMILES string of the molecule is Cc1ccccc1NC(=O)CN1C(=O)N/C(=C\c2cn(CC(N)=O)c3ccccc23)C1=O. The molecule has 0 radical (unpaired) electrons. The van der Waals surface area contributed by atoms with Gasteiger partial charge in [-0.05, 0) is 30.7 Å². The first-order valence-electron chi connectivity index (χ1n) is 9.89. The van der Waals surface area contributed by atoms with Gasteiger partial charge in [0.15, 0.2) is 0 Å². The average molecular weight is 431 g/mol. The maximum atomic E-state index is 12.8. The van der Waals surface area contributed by atoms with Gasteiger partial charge < -0.3 is 20.9 Å². The van der Waals surface area contributed by atoms with Gasteiger partial charge >= 0.3 is 6.03 Å². The van der Waals surface area contributed by atoms with Crippen molar-refractivity contribution < 1.29 is 19.2 Å². The number of carbonyl (C=O) groups excluding carboxylic acids is 4. The number of nitrogens with two attached hydrogens (primary N) is 1. The van der Waals surface area contributed by atoms with Crippen molar-refractivity contribution >= 4 is 46.4 Å². The van der Waals surface area contributed by atoms with Crippen molar-refractivity contribution in [3.05, 3.63) is 71.6 Å². The van der Waals surface area contributed by atoms with Crippen LogP contribution in [0.25, 0.3) is 17.0 Å². The van der Waals surface area contributed by atoms with Crippen molar-refractivity contribution in [3.8, 4) is 0 Å². The fraction of sp³-hybridized carbons (Fsp3) is 0.130. The number of anilines is 1. The largest absolute Gasteiger partial charge is 0.368 e. The molecule has 9 nitrogen and oxygen atoms in total. The highest BCUT2D eigenvalue weighted by Crippen LogP contribution is 2.25. The lowest BCUT2D eigenvalue weighted by molar-refractivity contribution is -0.127. The van der Waals surface area contributed by atoms with Gasteiger partial charge in [0.1, 0.15) is 18.8 Å². The lowest BCUT2D eigenvalue weighted by Gasteiger charge is -2.13. The third-order valence-electron chi connectivity index (χ3n) is 5.13. The molecule has 1 aliphatic rings. The minimum atomic E-state index is -0.679. The summed E-state index contributed by atoms with van der Waals surface area (Å²) in [6.07, 6.45) is 3.22. The van der Waals surface area contributed by atoms with E-state index >= 15 is 0 Å². The number of rotatable bonds is 6. The summed E-state index contributed by atoms with van der Waals surface area (Å²) in [5.74, 6) is -1.59. The number of primary amides is 1. The zero-order valence-electron chi connectivity index (χ0n) is 17.3. The van der Waals surface area contributed by atoms with Gasteiger partial charge in [0.25, 0.3) is 5.91 Å². The highest BCUT2D eigenvalue weighted by atomic mass is 16.2. The number of amides is 5. The van der Waals surface area contributed by atoms with E-state index < -0.39 is 30.3 Å². The first-order valence-corrected chi connectivity index (χ1v) is 9.89. The molecule has 1 aromatic heterocycles. The minimum Gasteiger partial charge on any atom is -0.368 e. The lowest BCUT2D eigenvalue weighted by atomic mass is 10.1. The first kappa shape index (κ1) is 20.9. The van der Waals surface area contributed by atoms with Gasteiger partial charge in [0.05, 0.1) is 0 Å². The summed E-state index contributed by atoms with van der Waals surface area (Å²) < 4.78 is 1.68. The zero-order valence-corrected chi connectivity index (χ0v) is 17.3. The Hall–Kier alpha value is -4.40. The number of benzene rings is 2. The lowest BCUT2D eigenvalue weighted by Crippen LogP contribution is -2.38. The molecule has 32 heavy (non-hydrogen) atoms. The van der Waals surface area contributed by atoms with Crippen LogP contribution in [0.5, 0.6) is 0 Å². The van der Waals surface area contributed by atoms with Gasteiger partial charge in [-0.2, -0.15) is 0 Å². The molecule has 4 rings (SSSR count). The smallest absolute Gasteiger partial charge is 0.329 e. The van der Waals surface area contributed by atoms with Crippen molar-refractivity contribution in [1.29, 1.82) is 0 Å². The highest BCUT2D eigenvalue weighted by molar-refractivity contribution is 6.16. The van der Waals surface area contributed by atoms with Gasteiger partial charge in [-0.3, -0.25) is 14.4 Å². The molecule has 4 N–H and O–H groups in total. The van der Waals surface area contributed by atoms with Gasteiger partial charge in [0.2, 0.25) is 11.8 Å². The summed E-state index contributed by atoms with van der Waals surface area (Å²) >= 11 is 0. The van der Waals surface area contributed by atoms with Crippen LogP contribution in [0.1, 0.15) is 11.1 Å².